The summed E-state index contributed by atoms with van der Waals surface area (Å²) in [6.45, 7) is 0. The van der Waals surface area contributed by atoms with Crippen LogP contribution in [-0.4, -0.2) is 14.5 Å². The third-order valence-corrected chi connectivity index (χ3v) is 14.4. The summed E-state index contributed by atoms with van der Waals surface area (Å²) in [5.74, 6) is 0. The van der Waals surface area contributed by atoms with E-state index in [4.69, 9.17) is 0 Å². The van der Waals surface area contributed by atoms with Crippen LogP contribution in [0.5, 0.6) is 0 Å². The second-order valence-corrected chi connectivity index (χ2v) is 18.0. The minimum Gasteiger partial charge on any atom is -0.0602 e. The van der Waals surface area contributed by atoms with Gasteiger partial charge in [0.2, 0.25) is 0 Å². The van der Waals surface area contributed by atoms with Gasteiger partial charge in [-0.25, -0.2) is 0 Å². The van der Waals surface area contributed by atoms with E-state index in [0.29, 0.717) is 0 Å². The molecule has 10 aromatic carbocycles. The molecule has 0 aliphatic rings. The summed E-state index contributed by atoms with van der Waals surface area (Å²) in [4.78, 5) is 6.97. The number of hydrogen-bond donors (Lipinski definition) is 0. The van der Waals surface area contributed by atoms with Crippen molar-refractivity contribution in [2.75, 3.05) is 14.7 Å². The number of fused-ring (bicyclic) bond motifs is 3. The molecule has 0 saturated heterocycles. The van der Waals surface area contributed by atoms with Gasteiger partial charge in [-0.3, -0.25) is 0 Å². The van der Waals surface area contributed by atoms with Crippen molar-refractivity contribution in [3.8, 4) is 22.3 Å². The molecule has 0 atom stereocenters. The van der Waals surface area contributed by atoms with Crippen molar-refractivity contribution in [3.05, 3.63) is 261 Å². The van der Waals surface area contributed by atoms with E-state index in [9.17, 15) is 0 Å². The number of nitrogens with zero attached hydrogens (tertiary/aromatic N) is 3. The van der Waals surface area contributed by atoms with Crippen molar-refractivity contribution in [1.82, 2.24) is 0 Å². The van der Waals surface area contributed by atoms with Gasteiger partial charge in [-0.05, 0) is 60.7 Å². The Balaban J connectivity index is 0.952. The van der Waals surface area contributed by atoms with Crippen LogP contribution in [-0.2, 0) is 0 Å². The summed E-state index contributed by atoms with van der Waals surface area (Å²) in [6.07, 6.45) is 0. The fraction of sp³-hybridized carbons (Fsp3) is 0. The molecule has 0 saturated carbocycles. The number of benzene rings is 10. The van der Waals surface area contributed by atoms with Crippen molar-refractivity contribution in [3.63, 3.8) is 0 Å². The molecule has 0 radical (unpaired) electrons. The third kappa shape index (κ3) is 7.67. The Morgan fingerprint density at radius 1 is 0.219 bits per heavy atom. The molecule has 304 valence electrons. The molecule has 0 spiro atoms. The van der Waals surface area contributed by atoms with Crippen LogP contribution in [0.3, 0.4) is 0 Å². The van der Waals surface area contributed by atoms with Gasteiger partial charge in [0.25, 0.3) is 0 Å². The molecule has 0 bridgehead atoms. The molecule has 4 heteroatoms. The first-order valence-electron chi connectivity index (χ1n) is 21.7. The molecule has 0 aliphatic heterocycles. The average Bonchev–Trinajstić information content (AvgIpc) is 3.76. The zero-order valence-electron chi connectivity index (χ0n) is 35.1. The van der Waals surface area contributed by atoms with Crippen LogP contribution in [0.4, 0.5) is 51.2 Å². The van der Waals surface area contributed by atoms with Crippen molar-refractivity contribution in [1.29, 1.82) is 0 Å². The Bertz CT molecular complexity index is 3200. The molecule has 11 rings (SSSR count). The van der Waals surface area contributed by atoms with E-state index in [0.717, 1.165) is 62.3 Å². The van der Waals surface area contributed by atoms with Crippen molar-refractivity contribution < 1.29 is 0 Å². The minimum absolute atomic E-state index is 0.271. The summed E-state index contributed by atoms with van der Waals surface area (Å²) in [6, 6.07) is 93.8. The standard InChI is InChI=1S/C60H43N3Se/c1-5-16-47(17-6-1)61(48-18-7-2-8-19-48)51-34-28-44(29-35-51)45-30-36-52(37-31-45)63(55-42-40-54(41-43-55)62(49-20-9-3-10-21-49)50-22-11-4-12-23-50)53-38-32-46(33-39-53)56-25-15-26-58-57-24-13-14-27-59(57)64-60(56)58/h1-43H. The van der Waals surface area contributed by atoms with Gasteiger partial charge in [0, 0.05) is 28.4 Å². The Labute approximate surface area is 380 Å². The third-order valence-electron chi connectivity index (χ3n) is 11.8. The molecule has 0 unspecified atom stereocenters. The average molecular weight is 885 g/mol. The maximum atomic E-state index is 2.36. The van der Waals surface area contributed by atoms with E-state index in [1.807, 2.05) is 0 Å². The van der Waals surface area contributed by atoms with Gasteiger partial charge in [-0.2, -0.15) is 0 Å². The molecular formula is C60H43N3Se. The predicted octanol–water partition coefficient (Wildman–Crippen LogP) is 16.8. The molecule has 1 aromatic heterocycles. The van der Waals surface area contributed by atoms with Crippen LogP contribution in [0, 0.1) is 0 Å². The summed E-state index contributed by atoms with van der Waals surface area (Å²) < 4.78 is 2.93. The second kappa shape index (κ2) is 17.5. The molecule has 64 heavy (non-hydrogen) atoms. The van der Waals surface area contributed by atoms with E-state index in [-0.39, 0.29) is 14.5 Å². The van der Waals surface area contributed by atoms with E-state index < -0.39 is 0 Å². The summed E-state index contributed by atoms with van der Waals surface area (Å²) in [7, 11) is 0. The molecule has 1 heterocycles. The van der Waals surface area contributed by atoms with Crippen LogP contribution in [0.15, 0.2) is 261 Å². The van der Waals surface area contributed by atoms with E-state index in [2.05, 4.69) is 276 Å². The smallest absolute Gasteiger partial charge is 0.0374 e. The van der Waals surface area contributed by atoms with Gasteiger partial charge in [-0.15, -0.1) is 0 Å². The number of para-hydroxylation sites is 4. The quantitative estimate of drug-likeness (QED) is 0.120. The maximum absolute atomic E-state index is 2.36. The fourth-order valence-corrected chi connectivity index (χ4v) is 11.4. The van der Waals surface area contributed by atoms with Gasteiger partial charge >= 0.3 is 204 Å². The summed E-state index contributed by atoms with van der Waals surface area (Å²) in [5, 5.41) is 2.75. The maximum Gasteiger partial charge on any atom is -0.0374 e. The molecular weight excluding hydrogens is 842 g/mol. The van der Waals surface area contributed by atoms with Gasteiger partial charge in [-0.1, -0.05) is 84.9 Å². The fourth-order valence-electron chi connectivity index (χ4n) is 8.77. The zero-order valence-corrected chi connectivity index (χ0v) is 36.8. The monoisotopic (exact) mass is 885 g/mol. The van der Waals surface area contributed by atoms with Crippen molar-refractivity contribution in [2.24, 2.45) is 0 Å². The molecule has 3 nitrogen and oxygen atoms in total. The van der Waals surface area contributed by atoms with Gasteiger partial charge in [0.15, 0.2) is 0 Å². The summed E-state index contributed by atoms with van der Waals surface area (Å²) >= 11 is 0.271. The molecule has 11 aromatic rings. The van der Waals surface area contributed by atoms with E-state index in [1.54, 1.807) is 0 Å². The first kappa shape index (κ1) is 39.0. The topological polar surface area (TPSA) is 9.72 Å². The molecule has 0 aliphatic carbocycles. The van der Waals surface area contributed by atoms with Gasteiger partial charge < -0.3 is 4.90 Å². The Hall–Kier alpha value is -7.88. The van der Waals surface area contributed by atoms with Crippen molar-refractivity contribution in [2.45, 2.75) is 0 Å². The summed E-state index contributed by atoms with van der Waals surface area (Å²) in [5.41, 5.74) is 14.8. The number of hydrogen-bond acceptors (Lipinski definition) is 3. The first-order valence-corrected chi connectivity index (χ1v) is 23.4. The molecule has 0 amide bonds. The normalized spacial score (nSPS) is 11.1. The van der Waals surface area contributed by atoms with Crippen LogP contribution < -0.4 is 14.7 Å². The molecule has 0 N–H and O–H groups in total. The second-order valence-electron chi connectivity index (χ2n) is 15.8. The Morgan fingerprint density at radius 3 is 0.906 bits per heavy atom. The zero-order chi connectivity index (χ0) is 42.7. The van der Waals surface area contributed by atoms with E-state index in [1.165, 1.54) is 30.4 Å². The first-order chi connectivity index (χ1) is 31.7. The van der Waals surface area contributed by atoms with E-state index >= 15 is 0 Å². The Kier molecular flexibility index (Phi) is 10.6. The van der Waals surface area contributed by atoms with Gasteiger partial charge in [0.1, 0.15) is 0 Å². The van der Waals surface area contributed by atoms with Crippen molar-refractivity contribution >= 4 is 85.0 Å². The van der Waals surface area contributed by atoms with Crippen LogP contribution in [0.25, 0.3) is 41.5 Å². The largest absolute Gasteiger partial charge is 0.0602 e. The SMILES string of the molecule is c1ccc(N(c2ccccc2)c2ccc(-c3ccc(N(c4ccc(-c5cccc6c5[se]c5ccccc56)cc4)c4ccc(N(c5ccccc5)c5ccccc5)cc4)cc3)cc2)cc1. The van der Waals surface area contributed by atoms with Gasteiger partial charge in [0.05, 0.1) is 0 Å². The van der Waals surface area contributed by atoms with Crippen LogP contribution >= 0.6 is 0 Å². The Morgan fingerprint density at radius 2 is 0.516 bits per heavy atom. The van der Waals surface area contributed by atoms with Crippen LogP contribution in [0.1, 0.15) is 0 Å². The number of anilines is 9. The molecule has 0 fully saturated rings. The van der Waals surface area contributed by atoms with Crippen LogP contribution in [0.2, 0.25) is 0 Å². The number of rotatable bonds is 11. The minimum atomic E-state index is 0.271. The predicted molar refractivity (Wildman–Crippen MR) is 273 cm³/mol.